The van der Waals surface area contributed by atoms with Crippen molar-refractivity contribution in [3.63, 3.8) is 0 Å². The third kappa shape index (κ3) is 2.98. The molecular formula is C16H11BN4OS2. The van der Waals surface area contributed by atoms with Crippen LogP contribution < -0.4 is 10.8 Å². The lowest BCUT2D eigenvalue weighted by Crippen LogP contribution is -2.19. The average Bonchev–Trinajstić information content (AvgIpc) is 3.16. The van der Waals surface area contributed by atoms with Gasteiger partial charge in [-0.15, -0.1) is 0 Å². The molecule has 1 fully saturated rings. The van der Waals surface area contributed by atoms with E-state index < -0.39 is 0 Å². The Morgan fingerprint density at radius 1 is 1.12 bits per heavy atom. The van der Waals surface area contributed by atoms with Crippen LogP contribution >= 0.6 is 23.5 Å². The molecule has 3 aromatic rings. The number of benzene rings is 2. The van der Waals surface area contributed by atoms with E-state index in [1.54, 1.807) is 0 Å². The minimum absolute atomic E-state index is 0.135. The van der Waals surface area contributed by atoms with E-state index >= 15 is 0 Å². The van der Waals surface area contributed by atoms with E-state index in [1.807, 2.05) is 56.4 Å². The molecule has 0 bridgehead atoms. The summed E-state index contributed by atoms with van der Waals surface area (Å²) in [5.74, 6) is -0.135. The molecule has 1 N–H and O–H groups in total. The van der Waals surface area contributed by atoms with Crippen LogP contribution in [0.2, 0.25) is 0 Å². The first-order chi connectivity index (χ1) is 11.7. The van der Waals surface area contributed by atoms with Gasteiger partial charge in [-0.05, 0) is 41.6 Å². The maximum atomic E-state index is 12.2. The number of amidine groups is 1. The minimum Gasteiger partial charge on any atom is -0.300 e. The lowest BCUT2D eigenvalue weighted by molar-refractivity contribution is -0.115. The highest BCUT2D eigenvalue weighted by molar-refractivity contribution is 8.18. The van der Waals surface area contributed by atoms with Gasteiger partial charge in [0.15, 0.2) is 5.17 Å². The number of para-hydroxylation sites is 1. The van der Waals surface area contributed by atoms with E-state index in [9.17, 15) is 4.79 Å². The van der Waals surface area contributed by atoms with Crippen molar-refractivity contribution < 1.29 is 4.79 Å². The second-order valence-electron chi connectivity index (χ2n) is 5.28. The smallest absolute Gasteiger partial charge is 0.264 e. The molecule has 4 rings (SSSR count). The van der Waals surface area contributed by atoms with Crippen molar-refractivity contribution in [3.8, 4) is 0 Å². The molecule has 0 saturated carbocycles. The van der Waals surface area contributed by atoms with Gasteiger partial charge in [-0.2, -0.15) is 8.75 Å². The van der Waals surface area contributed by atoms with Gasteiger partial charge in [0.05, 0.1) is 22.3 Å². The van der Waals surface area contributed by atoms with Gasteiger partial charge >= 0.3 is 0 Å². The van der Waals surface area contributed by atoms with Gasteiger partial charge in [-0.3, -0.25) is 4.79 Å². The lowest BCUT2D eigenvalue weighted by Gasteiger charge is -2.00. The number of nitrogens with zero attached hydrogens (tertiary/aromatic N) is 3. The molecule has 1 aliphatic rings. The fraction of sp³-hybridized carbons (Fsp3) is 0. The monoisotopic (exact) mass is 350 g/mol. The molecule has 0 atom stereocenters. The summed E-state index contributed by atoms with van der Waals surface area (Å²) in [6.45, 7) is 0. The molecule has 1 aromatic heterocycles. The van der Waals surface area contributed by atoms with Crippen molar-refractivity contribution in [1.29, 1.82) is 0 Å². The highest BCUT2D eigenvalue weighted by Gasteiger charge is 2.24. The lowest BCUT2D eigenvalue weighted by atomic mass is 9.94. The van der Waals surface area contributed by atoms with Gasteiger partial charge < -0.3 is 5.32 Å². The molecule has 0 spiro atoms. The Morgan fingerprint density at radius 2 is 1.96 bits per heavy atom. The number of hydrogen-bond acceptors (Lipinski definition) is 6. The molecule has 0 aliphatic carbocycles. The normalized spacial score (nSPS) is 17.8. The Bertz CT molecular complexity index is 1010. The number of carbonyl (C=O) groups excluding carboxylic acids is 1. The van der Waals surface area contributed by atoms with Crippen LogP contribution in [0.4, 0.5) is 5.69 Å². The molecule has 24 heavy (non-hydrogen) atoms. The predicted octanol–water partition coefficient (Wildman–Crippen LogP) is 1.84. The van der Waals surface area contributed by atoms with Crippen LogP contribution in [0.25, 0.3) is 17.1 Å². The van der Waals surface area contributed by atoms with E-state index in [-0.39, 0.29) is 5.91 Å². The minimum atomic E-state index is -0.135. The highest BCUT2D eigenvalue weighted by Crippen LogP contribution is 2.28. The van der Waals surface area contributed by atoms with Crippen molar-refractivity contribution >= 4 is 70.7 Å². The summed E-state index contributed by atoms with van der Waals surface area (Å²) < 4.78 is 8.40. The van der Waals surface area contributed by atoms with E-state index in [0.29, 0.717) is 10.1 Å². The molecule has 2 aromatic carbocycles. The number of aliphatic imine (C=N–C) groups is 1. The van der Waals surface area contributed by atoms with Crippen LogP contribution in [0.3, 0.4) is 0 Å². The molecular weight excluding hydrogens is 339 g/mol. The Morgan fingerprint density at radius 3 is 2.83 bits per heavy atom. The van der Waals surface area contributed by atoms with E-state index in [0.717, 1.165) is 27.7 Å². The molecule has 5 nitrogen and oxygen atoms in total. The summed E-state index contributed by atoms with van der Waals surface area (Å²) >= 11 is 2.53. The maximum absolute atomic E-state index is 12.2. The molecule has 1 aliphatic heterocycles. The van der Waals surface area contributed by atoms with Crippen LogP contribution in [-0.2, 0) is 4.79 Å². The van der Waals surface area contributed by atoms with Gasteiger partial charge in [-0.1, -0.05) is 29.7 Å². The fourth-order valence-electron chi connectivity index (χ4n) is 2.32. The first-order valence-electron chi connectivity index (χ1n) is 7.26. The molecule has 8 heteroatoms. The van der Waals surface area contributed by atoms with Crippen LogP contribution in [0.15, 0.2) is 52.4 Å². The highest BCUT2D eigenvalue weighted by atomic mass is 32.2. The summed E-state index contributed by atoms with van der Waals surface area (Å²) in [6.07, 6.45) is 1.85. The topological polar surface area (TPSA) is 67.2 Å². The Hall–Kier alpha value is -2.45. The summed E-state index contributed by atoms with van der Waals surface area (Å²) in [5, 5.41) is 3.41. The van der Waals surface area contributed by atoms with E-state index in [1.165, 1.54) is 23.5 Å². The van der Waals surface area contributed by atoms with Gasteiger partial charge in [0.25, 0.3) is 5.91 Å². The Balaban J connectivity index is 1.63. The number of carbonyl (C=O) groups is 1. The number of amides is 1. The number of aromatic nitrogens is 2. The zero-order chi connectivity index (χ0) is 16.5. The zero-order valence-corrected chi connectivity index (χ0v) is 14.3. The molecule has 0 radical (unpaired) electrons. The molecule has 116 valence electrons. The van der Waals surface area contributed by atoms with Crippen molar-refractivity contribution in [2.75, 3.05) is 0 Å². The zero-order valence-electron chi connectivity index (χ0n) is 12.7. The first-order valence-corrected chi connectivity index (χ1v) is 8.81. The number of hydrogen-bond donors (Lipinski definition) is 1. The van der Waals surface area contributed by atoms with Gasteiger partial charge in [-0.25, -0.2) is 4.99 Å². The second kappa shape index (κ2) is 6.22. The van der Waals surface area contributed by atoms with E-state index in [2.05, 4.69) is 19.1 Å². The number of nitrogens with one attached hydrogen (secondary N) is 1. The molecule has 1 amide bonds. The van der Waals surface area contributed by atoms with Crippen molar-refractivity contribution in [2.24, 2.45) is 4.99 Å². The van der Waals surface area contributed by atoms with Crippen LogP contribution in [0.1, 0.15) is 5.56 Å². The van der Waals surface area contributed by atoms with E-state index in [4.69, 9.17) is 0 Å². The summed E-state index contributed by atoms with van der Waals surface area (Å²) in [7, 11) is 1.99. The summed E-state index contributed by atoms with van der Waals surface area (Å²) in [6, 6.07) is 13.6. The second-order valence-corrected chi connectivity index (χ2v) is 6.84. The standard InChI is InChI=1S/C16H11BN4OS2/c17-10-3-1-2-4-11(10)18-16-19-15(22)14(23-16)8-9-5-6-12-13(7-9)21-24-20-12/h1-8H,17H2,(H,18,19,22)/b14-8-. The fourth-order valence-corrected chi connectivity index (χ4v) is 3.67. The molecule has 0 unspecified atom stereocenters. The quantitative estimate of drug-likeness (QED) is 0.566. The van der Waals surface area contributed by atoms with Crippen molar-refractivity contribution in [1.82, 2.24) is 14.1 Å². The summed E-state index contributed by atoms with van der Waals surface area (Å²) in [4.78, 5) is 17.3. The Kier molecular flexibility index (Phi) is 3.91. The maximum Gasteiger partial charge on any atom is 0.264 e. The SMILES string of the molecule is Bc1ccccc1/N=C1/NC(=O)/C(=C/c2ccc3nsnc3c2)S1. The molecule has 1 saturated heterocycles. The summed E-state index contributed by atoms with van der Waals surface area (Å²) in [5.41, 5.74) is 4.55. The third-order valence-corrected chi connectivity index (χ3v) is 5.03. The number of thioether (sulfide) groups is 1. The third-order valence-electron chi connectivity index (χ3n) is 3.56. The van der Waals surface area contributed by atoms with Crippen LogP contribution in [0, 0.1) is 0 Å². The van der Waals surface area contributed by atoms with Crippen LogP contribution in [0.5, 0.6) is 0 Å². The van der Waals surface area contributed by atoms with Gasteiger partial charge in [0, 0.05) is 0 Å². The largest absolute Gasteiger partial charge is 0.300 e. The van der Waals surface area contributed by atoms with Crippen molar-refractivity contribution in [3.05, 3.63) is 52.9 Å². The first kappa shape index (κ1) is 15.1. The van der Waals surface area contributed by atoms with Gasteiger partial charge in [0.1, 0.15) is 18.9 Å². The van der Waals surface area contributed by atoms with Crippen molar-refractivity contribution in [2.45, 2.75) is 0 Å². The van der Waals surface area contributed by atoms with Gasteiger partial charge in [0.2, 0.25) is 0 Å². The Labute approximate surface area is 147 Å². The molecule has 2 heterocycles. The number of fused-ring (bicyclic) bond motifs is 1. The van der Waals surface area contributed by atoms with Crippen LogP contribution in [-0.4, -0.2) is 27.7 Å². The predicted molar refractivity (Wildman–Crippen MR) is 103 cm³/mol. The average molecular weight is 350 g/mol. The number of rotatable bonds is 2.